The number of aromatic nitrogens is 2. The molecule has 9 heteroatoms. The molecule has 2 N–H and O–H groups in total. The molecule has 0 bridgehead atoms. The zero-order valence-electron chi connectivity index (χ0n) is 18.4. The van der Waals surface area contributed by atoms with Crippen molar-refractivity contribution in [2.24, 2.45) is 0 Å². The number of methoxy groups -OCH3 is 1. The first-order valence-corrected chi connectivity index (χ1v) is 10.2. The average Bonchev–Trinajstić information content (AvgIpc) is 3.10. The van der Waals surface area contributed by atoms with Crippen LogP contribution in [0.4, 0.5) is 15.8 Å². The lowest BCUT2D eigenvalue weighted by Crippen LogP contribution is -2.22. The number of halogens is 2. The zero-order valence-corrected chi connectivity index (χ0v) is 19.2. The number of aryl methyl sites for hydroxylation is 1. The molecular weight excluding hydrogens is 435 g/mol. The number of nitrogens with one attached hydrogen (secondary N) is 2. The summed E-state index contributed by atoms with van der Waals surface area (Å²) in [4.78, 5) is 25.4. The van der Waals surface area contributed by atoms with Gasteiger partial charge in [0.25, 0.3) is 11.8 Å². The second-order valence-electron chi connectivity index (χ2n) is 8.19. The fourth-order valence-corrected chi connectivity index (χ4v) is 3.13. The van der Waals surface area contributed by atoms with Crippen LogP contribution in [0, 0.1) is 12.7 Å². The van der Waals surface area contributed by atoms with E-state index < -0.39 is 11.7 Å². The lowest BCUT2D eigenvalue weighted by Gasteiger charge is -2.18. The van der Waals surface area contributed by atoms with Gasteiger partial charge in [0.2, 0.25) is 0 Å². The van der Waals surface area contributed by atoms with Crippen molar-refractivity contribution < 1.29 is 18.7 Å². The van der Waals surface area contributed by atoms with E-state index >= 15 is 0 Å². The third kappa shape index (κ3) is 5.08. The summed E-state index contributed by atoms with van der Waals surface area (Å²) >= 11 is 5.75. The van der Waals surface area contributed by atoms with Crippen molar-refractivity contribution in [3.63, 3.8) is 0 Å². The molecule has 0 saturated heterocycles. The maximum Gasteiger partial charge on any atom is 0.259 e. The largest absolute Gasteiger partial charge is 0.495 e. The molecule has 3 rings (SSSR count). The van der Waals surface area contributed by atoms with Crippen LogP contribution in [0.15, 0.2) is 42.6 Å². The number of hydrogen-bond donors (Lipinski definition) is 2. The number of benzene rings is 2. The Morgan fingerprint density at radius 1 is 1.06 bits per heavy atom. The summed E-state index contributed by atoms with van der Waals surface area (Å²) in [6.45, 7) is 7.73. The van der Waals surface area contributed by atoms with Gasteiger partial charge in [0, 0.05) is 16.9 Å². The number of carbonyl (C=O) groups excluding carboxylic acids is 2. The predicted molar refractivity (Wildman–Crippen MR) is 122 cm³/mol. The molecule has 168 valence electrons. The van der Waals surface area contributed by atoms with Crippen molar-refractivity contribution in [2.75, 3.05) is 17.7 Å². The zero-order chi connectivity index (χ0) is 23.6. The third-order valence-electron chi connectivity index (χ3n) is 4.71. The van der Waals surface area contributed by atoms with Gasteiger partial charge < -0.3 is 15.4 Å². The highest BCUT2D eigenvalue weighted by molar-refractivity contribution is 6.30. The van der Waals surface area contributed by atoms with Gasteiger partial charge in [-0.2, -0.15) is 5.10 Å². The number of hydrogen-bond acceptors (Lipinski definition) is 4. The fourth-order valence-electron chi connectivity index (χ4n) is 2.97. The molecule has 32 heavy (non-hydrogen) atoms. The molecule has 0 atom stereocenters. The second-order valence-corrected chi connectivity index (χ2v) is 8.63. The van der Waals surface area contributed by atoms with Crippen molar-refractivity contribution >= 4 is 34.8 Å². The van der Waals surface area contributed by atoms with E-state index in [0.29, 0.717) is 22.7 Å². The number of amides is 2. The molecular formula is C23H24ClFN4O3. The van der Waals surface area contributed by atoms with Crippen LogP contribution in [0.5, 0.6) is 5.75 Å². The number of carbonyl (C=O) groups is 2. The van der Waals surface area contributed by atoms with E-state index in [1.165, 1.54) is 25.3 Å². The summed E-state index contributed by atoms with van der Waals surface area (Å²) in [6.07, 6.45) is 1.69. The van der Waals surface area contributed by atoms with Crippen molar-refractivity contribution in [3.05, 3.63) is 70.3 Å². The minimum Gasteiger partial charge on any atom is -0.495 e. The van der Waals surface area contributed by atoms with Gasteiger partial charge in [-0.15, -0.1) is 0 Å². The molecule has 1 aromatic heterocycles. The van der Waals surface area contributed by atoms with Crippen LogP contribution in [-0.2, 0) is 5.54 Å². The Bertz CT molecular complexity index is 1180. The van der Waals surface area contributed by atoms with Crippen LogP contribution in [-0.4, -0.2) is 28.7 Å². The minimum atomic E-state index is -0.746. The Morgan fingerprint density at radius 2 is 1.75 bits per heavy atom. The Labute approximate surface area is 190 Å². The van der Waals surface area contributed by atoms with E-state index in [1.54, 1.807) is 29.9 Å². The molecule has 0 spiro atoms. The molecule has 0 aliphatic carbocycles. The molecule has 0 radical (unpaired) electrons. The number of anilines is 2. The third-order valence-corrected chi connectivity index (χ3v) is 4.95. The molecule has 0 unspecified atom stereocenters. The highest BCUT2D eigenvalue weighted by Gasteiger charge is 2.21. The highest BCUT2D eigenvalue weighted by atomic mass is 35.5. The van der Waals surface area contributed by atoms with E-state index in [1.807, 2.05) is 20.8 Å². The molecule has 0 saturated carbocycles. The van der Waals surface area contributed by atoms with Crippen LogP contribution < -0.4 is 15.4 Å². The van der Waals surface area contributed by atoms with Gasteiger partial charge in [0.15, 0.2) is 0 Å². The Kier molecular flexibility index (Phi) is 6.55. The van der Waals surface area contributed by atoms with Gasteiger partial charge in [-0.05, 0) is 64.1 Å². The van der Waals surface area contributed by atoms with Gasteiger partial charge in [0.1, 0.15) is 11.6 Å². The average molecular weight is 459 g/mol. The lowest BCUT2D eigenvalue weighted by atomic mass is 10.1. The normalized spacial score (nSPS) is 11.2. The Hall–Kier alpha value is -3.39. The first-order chi connectivity index (χ1) is 15.0. The van der Waals surface area contributed by atoms with E-state index in [-0.39, 0.29) is 27.7 Å². The molecule has 3 aromatic rings. The van der Waals surface area contributed by atoms with E-state index in [9.17, 15) is 14.0 Å². The van der Waals surface area contributed by atoms with E-state index in [0.717, 1.165) is 6.07 Å². The summed E-state index contributed by atoms with van der Waals surface area (Å²) < 4.78 is 21.1. The standard InChI is InChI=1S/C23H24ClFN4O3/c1-13-17(12-29(28-13)23(2,3)4)22(31)26-15-7-9-20(32-5)19(11-15)27-21(30)16-8-6-14(24)10-18(16)25/h6-12H,1-5H3,(H,26,31)(H,27,30). The van der Waals surface area contributed by atoms with Crippen molar-refractivity contribution in [1.29, 1.82) is 0 Å². The number of rotatable bonds is 5. The van der Waals surface area contributed by atoms with E-state index in [4.69, 9.17) is 16.3 Å². The van der Waals surface area contributed by atoms with Crippen LogP contribution in [0.25, 0.3) is 0 Å². The number of nitrogens with zero attached hydrogens (tertiary/aromatic N) is 2. The SMILES string of the molecule is COc1ccc(NC(=O)c2cn(C(C)(C)C)nc2C)cc1NC(=O)c1ccc(Cl)cc1F. The Morgan fingerprint density at radius 3 is 2.34 bits per heavy atom. The van der Waals surface area contributed by atoms with Gasteiger partial charge in [0.05, 0.1) is 35.2 Å². The smallest absolute Gasteiger partial charge is 0.259 e. The van der Waals surface area contributed by atoms with Crippen LogP contribution in [0.2, 0.25) is 5.02 Å². The van der Waals surface area contributed by atoms with Gasteiger partial charge in [-0.25, -0.2) is 4.39 Å². The molecule has 2 aromatic carbocycles. The van der Waals surface area contributed by atoms with Gasteiger partial charge in [-0.3, -0.25) is 14.3 Å². The molecule has 1 heterocycles. The first kappa shape index (κ1) is 23.3. The van der Waals surface area contributed by atoms with Crippen molar-refractivity contribution in [3.8, 4) is 5.75 Å². The van der Waals surface area contributed by atoms with E-state index in [2.05, 4.69) is 15.7 Å². The van der Waals surface area contributed by atoms with Gasteiger partial charge >= 0.3 is 0 Å². The molecule has 0 aliphatic rings. The molecule has 2 amide bonds. The van der Waals surface area contributed by atoms with Crippen LogP contribution in [0.1, 0.15) is 47.2 Å². The number of ether oxygens (including phenoxy) is 1. The molecule has 0 fully saturated rings. The summed E-state index contributed by atoms with van der Waals surface area (Å²) in [5, 5.41) is 10.0. The van der Waals surface area contributed by atoms with Crippen molar-refractivity contribution in [1.82, 2.24) is 9.78 Å². The Balaban J connectivity index is 1.84. The van der Waals surface area contributed by atoms with Crippen LogP contribution >= 0.6 is 11.6 Å². The fraction of sp³-hybridized carbons (Fsp3) is 0.261. The summed E-state index contributed by atoms with van der Waals surface area (Å²) in [7, 11) is 1.44. The first-order valence-electron chi connectivity index (χ1n) is 9.82. The topological polar surface area (TPSA) is 85.2 Å². The van der Waals surface area contributed by atoms with Gasteiger partial charge in [-0.1, -0.05) is 11.6 Å². The quantitative estimate of drug-likeness (QED) is 0.546. The molecule has 0 aliphatic heterocycles. The summed E-state index contributed by atoms with van der Waals surface area (Å²) in [5.41, 5.74) is 1.29. The monoisotopic (exact) mass is 458 g/mol. The lowest BCUT2D eigenvalue weighted by molar-refractivity contribution is 0.101. The predicted octanol–water partition coefficient (Wildman–Crippen LogP) is 5.25. The molecule has 7 nitrogen and oxygen atoms in total. The summed E-state index contributed by atoms with van der Waals surface area (Å²) in [6, 6.07) is 8.54. The highest BCUT2D eigenvalue weighted by Crippen LogP contribution is 2.29. The van der Waals surface area contributed by atoms with Crippen LogP contribution in [0.3, 0.4) is 0 Å². The maximum absolute atomic E-state index is 14.1. The maximum atomic E-state index is 14.1. The van der Waals surface area contributed by atoms with Crippen molar-refractivity contribution in [2.45, 2.75) is 33.2 Å². The second kappa shape index (κ2) is 9.00. The summed E-state index contributed by atoms with van der Waals surface area (Å²) in [5.74, 6) is -1.42. The minimum absolute atomic E-state index is 0.170.